The molecule has 0 bridgehead atoms. The van der Waals surface area contributed by atoms with Gasteiger partial charge in [0.25, 0.3) is 0 Å². The fraction of sp³-hybridized carbons (Fsp3) is 0.500. The zero-order chi connectivity index (χ0) is 17.6. The highest BCUT2D eigenvalue weighted by Crippen LogP contribution is 2.24. The summed E-state index contributed by atoms with van der Waals surface area (Å²) in [5.74, 6) is 0.0302. The van der Waals surface area contributed by atoms with Crippen LogP contribution in [0.1, 0.15) is 25.5 Å². The molecule has 1 N–H and O–H groups in total. The predicted octanol–water partition coefficient (Wildman–Crippen LogP) is 1.24. The Morgan fingerprint density at radius 2 is 2.16 bits per heavy atom. The Labute approximate surface area is 148 Å². The molecular weight excluding hydrogens is 318 g/mol. The molecule has 1 aliphatic rings. The summed E-state index contributed by atoms with van der Waals surface area (Å²) >= 11 is 0. The zero-order valence-electron chi connectivity index (χ0n) is 14.7. The van der Waals surface area contributed by atoms with Crippen LogP contribution in [0.2, 0.25) is 0 Å². The lowest BCUT2D eigenvalue weighted by Gasteiger charge is -2.38. The molecule has 1 aliphatic heterocycles. The van der Waals surface area contributed by atoms with E-state index in [0.29, 0.717) is 19.7 Å². The number of rotatable bonds is 6. The van der Waals surface area contributed by atoms with E-state index >= 15 is 0 Å². The summed E-state index contributed by atoms with van der Waals surface area (Å²) in [6.07, 6.45) is 3.18. The van der Waals surface area contributed by atoms with Gasteiger partial charge in [0.1, 0.15) is 18.7 Å². The Morgan fingerprint density at radius 1 is 1.36 bits per heavy atom. The quantitative estimate of drug-likeness (QED) is 0.854. The number of hydrogen-bond acceptors (Lipinski definition) is 5. The highest BCUT2D eigenvalue weighted by Gasteiger charge is 2.32. The van der Waals surface area contributed by atoms with Gasteiger partial charge in [0.2, 0.25) is 5.91 Å². The van der Waals surface area contributed by atoms with Gasteiger partial charge in [-0.25, -0.2) is 4.98 Å². The van der Waals surface area contributed by atoms with Gasteiger partial charge in [-0.05, 0) is 19.4 Å². The smallest absolute Gasteiger partial charge is 0.242 e. The fourth-order valence-corrected chi connectivity index (χ4v) is 3.15. The van der Waals surface area contributed by atoms with Gasteiger partial charge in [-0.2, -0.15) is 5.10 Å². The molecule has 2 heterocycles. The van der Waals surface area contributed by atoms with Crippen LogP contribution in [-0.2, 0) is 16.1 Å². The van der Waals surface area contributed by atoms with Crippen molar-refractivity contribution in [2.24, 2.45) is 0 Å². The average molecular weight is 343 g/mol. The number of ether oxygens (including phenoxy) is 1. The Balaban J connectivity index is 1.76. The zero-order valence-corrected chi connectivity index (χ0v) is 14.7. The third kappa shape index (κ3) is 4.64. The molecule has 1 aromatic heterocycles. The summed E-state index contributed by atoms with van der Waals surface area (Å²) in [5, 5.41) is 7.19. The van der Waals surface area contributed by atoms with Crippen molar-refractivity contribution in [1.29, 1.82) is 0 Å². The minimum Gasteiger partial charge on any atom is -0.374 e. The van der Waals surface area contributed by atoms with Crippen molar-refractivity contribution in [3.05, 3.63) is 48.5 Å². The largest absolute Gasteiger partial charge is 0.374 e. The van der Waals surface area contributed by atoms with E-state index < -0.39 is 0 Å². The van der Waals surface area contributed by atoms with Crippen molar-refractivity contribution >= 4 is 5.91 Å². The normalized spacial score (nSPS) is 19.7. The van der Waals surface area contributed by atoms with Crippen molar-refractivity contribution in [3.63, 3.8) is 0 Å². The number of nitrogens with zero attached hydrogens (tertiary/aromatic N) is 4. The summed E-state index contributed by atoms with van der Waals surface area (Å²) in [4.78, 5) is 19.0. The van der Waals surface area contributed by atoms with Crippen LogP contribution in [-0.4, -0.2) is 57.4 Å². The number of morpholine rings is 1. The van der Waals surface area contributed by atoms with E-state index in [2.05, 4.69) is 20.3 Å². The summed E-state index contributed by atoms with van der Waals surface area (Å²) < 4.78 is 7.63. The van der Waals surface area contributed by atoms with Crippen LogP contribution < -0.4 is 5.32 Å². The first-order valence-electron chi connectivity index (χ1n) is 8.67. The van der Waals surface area contributed by atoms with Crippen LogP contribution in [0.25, 0.3) is 0 Å². The summed E-state index contributed by atoms with van der Waals surface area (Å²) in [5.41, 5.74) is 1.00. The van der Waals surface area contributed by atoms with Gasteiger partial charge in [-0.1, -0.05) is 30.3 Å². The first-order valence-corrected chi connectivity index (χ1v) is 8.67. The van der Waals surface area contributed by atoms with E-state index in [4.69, 9.17) is 4.74 Å². The molecule has 2 atom stereocenters. The lowest BCUT2D eigenvalue weighted by molar-refractivity contribution is -0.131. The summed E-state index contributed by atoms with van der Waals surface area (Å²) in [7, 11) is 0. The number of aromatic nitrogens is 3. The molecule has 134 valence electrons. The fourth-order valence-electron chi connectivity index (χ4n) is 3.15. The van der Waals surface area contributed by atoms with Crippen LogP contribution >= 0.6 is 0 Å². The van der Waals surface area contributed by atoms with Crippen LogP contribution in [0, 0.1) is 0 Å². The van der Waals surface area contributed by atoms with Crippen molar-refractivity contribution in [3.8, 4) is 0 Å². The number of benzene rings is 1. The number of nitrogens with one attached hydrogen (secondary N) is 1. The van der Waals surface area contributed by atoms with Gasteiger partial charge >= 0.3 is 0 Å². The molecule has 3 rings (SSSR count). The minimum atomic E-state index is -0.314. The van der Waals surface area contributed by atoms with Crippen LogP contribution in [0.3, 0.4) is 0 Å². The molecule has 0 spiro atoms. The molecule has 0 aliphatic carbocycles. The predicted molar refractivity (Wildman–Crippen MR) is 93.8 cm³/mol. The molecule has 25 heavy (non-hydrogen) atoms. The molecular formula is C18H25N5O2. The Bertz CT molecular complexity index is 659. The van der Waals surface area contributed by atoms with Gasteiger partial charge in [0.05, 0.1) is 19.3 Å². The molecule has 2 unspecified atom stereocenters. The molecule has 1 aromatic carbocycles. The van der Waals surface area contributed by atoms with E-state index in [0.717, 1.165) is 12.1 Å². The molecule has 1 fully saturated rings. The minimum absolute atomic E-state index is 0.0199. The maximum absolute atomic E-state index is 12.9. The van der Waals surface area contributed by atoms with E-state index in [1.54, 1.807) is 11.0 Å². The molecule has 2 aromatic rings. The van der Waals surface area contributed by atoms with Gasteiger partial charge in [-0.15, -0.1) is 0 Å². The van der Waals surface area contributed by atoms with E-state index in [9.17, 15) is 4.79 Å². The molecule has 7 heteroatoms. The maximum Gasteiger partial charge on any atom is 0.242 e. The van der Waals surface area contributed by atoms with Gasteiger partial charge < -0.3 is 10.1 Å². The van der Waals surface area contributed by atoms with Gasteiger partial charge in [0.15, 0.2) is 0 Å². The summed E-state index contributed by atoms with van der Waals surface area (Å²) in [6, 6.07) is 9.71. The van der Waals surface area contributed by atoms with Crippen LogP contribution in [0.5, 0.6) is 0 Å². The average Bonchev–Trinajstić information content (AvgIpc) is 3.09. The molecule has 0 saturated carbocycles. The topological polar surface area (TPSA) is 72.3 Å². The van der Waals surface area contributed by atoms with Crippen molar-refractivity contribution in [2.45, 2.75) is 38.6 Å². The highest BCUT2D eigenvalue weighted by atomic mass is 16.5. The number of carbonyl (C=O) groups is 1. The monoisotopic (exact) mass is 343 g/mol. The Morgan fingerprint density at radius 3 is 2.84 bits per heavy atom. The SMILES string of the molecule is CC(C)NC(=O)C(c1ccccc1)N1CCOC(Cn2cncn2)C1. The second-order valence-corrected chi connectivity index (χ2v) is 6.58. The lowest BCUT2D eigenvalue weighted by Crippen LogP contribution is -2.50. The second kappa shape index (κ2) is 8.22. The second-order valence-electron chi connectivity index (χ2n) is 6.58. The van der Waals surface area contributed by atoms with Crippen LogP contribution in [0.4, 0.5) is 0 Å². The first-order chi connectivity index (χ1) is 12.1. The third-order valence-corrected chi connectivity index (χ3v) is 4.19. The molecule has 1 amide bonds. The lowest BCUT2D eigenvalue weighted by atomic mass is 10.0. The Hall–Kier alpha value is -2.25. The van der Waals surface area contributed by atoms with E-state index in [-0.39, 0.29) is 24.1 Å². The van der Waals surface area contributed by atoms with Crippen LogP contribution in [0.15, 0.2) is 43.0 Å². The molecule has 1 saturated heterocycles. The standard InChI is InChI=1S/C18H25N5O2/c1-14(2)21-18(24)17(15-6-4-3-5-7-15)22-8-9-25-16(10-22)11-23-13-19-12-20-23/h3-7,12-14,16-17H,8-11H2,1-2H3,(H,21,24). The highest BCUT2D eigenvalue weighted by molar-refractivity contribution is 5.83. The first kappa shape index (κ1) is 17.6. The number of hydrogen-bond donors (Lipinski definition) is 1. The number of carbonyl (C=O) groups excluding carboxylic acids is 1. The van der Waals surface area contributed by atoms with Crippen molar-refractivity contribution in [1.82, 2.24) is 25.0 Å². The van der Waals surface area contributed by atoms with E-state index in [1.165, 1.54) is 6.33 Å². The Kier molecular flexibility index (Phi) is 5.78. The molecule has 7 nitrogen and oxygen atoms in total. The van der Waals surface area contributed by atoms with Crippen molar-refractivity contribution < 1.29 is 9.53 Å². The van der Waals surface area contributed by atoms with E-state index in [1.807, 2.05) is 44.2 Å². The van der Waals surface area contributed by atoms with Gasteiger partial charge in [0, 0.05) is 19.1 Å². The third-order valence-electron chi connectivity index (χ3n) is 4.19. The van der Waals surface area contributed by atoms with Gasteiger partial charge in [-0.3, -0.25) is 14.4 Å². The van der Waals surface area contributed by atoms with Crippen molar-refractivity contribution in [2.75, 3.05) is 19.7 Å². The molecule has 0 radical (unpaired) electrons. The number of amides is 1. The maximum atomic E-state index is 12.9. The summed E-state index contributed by atoms with van der Waals surface area (Å²) in [6.45, 7) is 6.57.